The van der Waals surface area contributed by atoms with Gasteiger partial charge >= 0.3 is 5.97 Å². The number of halogens is 1. The lowest BCUT2D eigenvalue weighted by Gasteiger charge is -2.14. The Morgan fingerprint density at radius 3 is 2.92 bits per heavy atom. The molecule has 1 saturated heterocycles. The van der Waals surface area contributed by atoms with Gasteiger partial charge in [0.05, 0.1) is 5.75 Å². The van der Waals surface area contributed by atoms with Crippen LogP contribution in [0.1, 0.15) is 5.56 Å². The Kier molecular flexibility index (Phi) is 7.42. The number of benzene rings is 1. The first-order chi connectivity index (χ1) is 12.0. The summed E-state index contributed by atoms with van der Waals surface area (Å²) in [5.74, 6) is -0.817. The molecule has 0 atom stereocenters. The lowest BCUT2D eigenvalue weighted by molar-refractivity contribution is -0.143. The molecular formula is C16H15ClN2O4S2. The van der Waals surface area contributed by atoms with Crippen LogP contribution in [-0.4, -0.2) is 52.5 Å². The summed E-state index contributed by atoms with van der Waals surface area (Å²) in [7, 11) is 0. The van der Waals surface area contributed by atoms with Crippen molar-refractivity contribution in [2.45, 2.75) is 0 Å². The Morgan fingerprint density at radius 1 is 1.44 bits per heavy atom. The number of rotatable bonds is 7. The number of carbonyl (C=O) groups excluding carboxylic acids is 3. The quantitative estimate of drug-likeness (QED) is 0.429. The fourth-order valence-electron chi connectivity index (χ4n) is 1.91. The van der Waals surface area contributed by atoms with Crippen LogP contribution < -0.4 is 5.32 Å². The number of ether oxygens (including phenoxy) is 1. The van der Waals surface area contributed by atoms with Gasteiger partial charge in [-0.2, -0.15) is 0 Å². The Morgan fingerprint density at radius 2 is 2.24 bits per heavy atom. The van der Waals surface area contributed by atoms with E-state index in [0.29, 0.717) is 21.6 Å². The predicted molar refractivity (Wildman–Crippen MR) is 101 cm³/mol. The van der Waals surface area contributed by atoms with Crippen LogP contribution in [0.25, 0.3) is 6.08 Å². The van der Waals surface area contributed by atoms with E-state index in [9.17, 15) is 14.4 Å². The molecule has 1 heterocycles. The normalized spacial score (nSPS) is 14.2. The summed E-state index contributed by atoms with van der Waals surface area (Å²) < 4.78 is 5.35. The Bertz CT molecular complexity index is 708. The summed E-state index contributed by atoms with van der Waals surface area (Å²) in [5, 5.41) is 3.13. The molecule has 9 heteroatoms. The summed E-state index contributed by atoms with van der Waals surface area (Å²) in [5.41, 5.74) is 0.748. The minimum Gasteiger partial charge on any atom is -0.452 e. The maximum atomic E-state index is 11.6. The lowest BCUT2D eigenvalue weighted by Crippen LogP contribution is -2.38. The third kappa shape index (κ3) is 6.49. The standard InChI is InChI=1S/C16H15ClN2O4S2/c17-12-3-1-2-11(8-12)4-5-15(22)23-9-13(20)18-6-7-19-14(21)10-25-16(19)24/h1-5,8H,6-7,9-10H2,(H,18,20)/b5-4+. The van der Waals surface area contributed by atoms with Gasteiger partial charge in [-0.15, -0.1) is 0 Å². The van der Waals surface area contributed by atoms with Crippen LogP contribution >= 0.6 is 35.6 Å². The second-order valence-electron chi connectivity index (χ2n) is 4.95. The fourth-order valence-corrected chi connectivity index (χ4v) is 3.23. The van der Waals surface area contributed by atoms with Gasteiger partial charge in [-0.1, -0.05) is 47.7 Å². The van der Waals surface area contributed by atoms with Gasteiger partial charge in [0.2, 0.25) is 5.91 Å². The summed E-state index contributed by atoms with van der Waals surface area (Å²) >= 11 is 12.2. The zero-order valence-electron chi connectivity index (χ0n) is 13.1. The molecule has 2 rings (SSSR count). The van der Waals surface area contributed by atoms with Crippen LogP contribution in [0.3, 0.4) is 0 Å². The number of hydrogen-bond donors (Lipinski definition) is 1. The molecule has 0 aliphatic carbocycles. The number of thioether (sulfide) groups is 1. The fraction of sp³-hybridized carbons (Fsp3) is 0.250. The Balaban J connectivity index is 1.66. The smallest absolute Gasteiger partial charge is 0.331 e. The molecule has 1 aliphatic heterocycles. The van der Waals surface area contributed by atoms with Crippen molar-refractivity contribution in [2.24, 2.45) is 0 Å². The van der Waals surface area contributed by atoms with Crippen molar-refractivity contribution in [1.82, 2.24) is 10.2 Å². The molecule has 0 aromatic heterocycles. The zero-order valence-corrected chi connectivity index (χ0v) is 15.5. The number of nitrogens with zero attached hydrogens (tertiary/aromatic N) is 1. The van der Waals surface area contributed by atoms with Gasteiger partial charge in [-0.05, 0) is 23.8 Å². The van der Waals surface area contributed by atoms with Crippen molar-refractivity contribution in [3.63, 3.8) is 0 Å². The molecule has 0 saturated carbocycles. The molecule has 132 valence electrons. The largest absolute Gasteiger partial charge is 0.452 e. The van der Waals surface area contributed by atoms with E-state index in [1.807, 2.05) is 0 Å². The third-order valence-electron chi connectivity index (χ3n) is 3.10. The summed E-state index contributed by atoms with van der Waals surface area (Å²) in [6.07, 6.45) is 2.77. The molecule has 1 fully saturated rings. The predicted octanol–water partition coefficient (Wildman–Crippen LogP) is 1.87. The van der Waals surface area contributed by atoms with Crippen LogP contribution in [0.15, 0.2) is 30.3 Å². The Hall–Kier alpha value is -1.90. The molecule has 0 unspecified atom stereocenters. The average Bonchev–Trinajstić information content (AvgIpc) is 2.90. The van der Waals surface area contributed by atoms with E-state index in [1.165, 1.54) is 22.7 Å². The van der Waals surface area contributed by atoms with Crippen LogP contribution in [0, 0.1) is 0 Å². The van der Waals surface area contributed by atoms with E-state index in [0.717, 1.165) is 5.56 Å². The topological polar surface area (TPSA) is 75.7 Å². The van der Waals surface area contributed by atoms with Gasteiger partial charge in [0, 0.05) is 24.2 Å². The van der Waals surface area contributed by atoms with Crippen molar-refractivity contribution in [3.8, 4) is 0 Å². The molecule has 1 aromatic rings. The Labute approximate surface area is 159 Å². The zero-order chi connectivity index (χ0) is 18.2. The highest BCUT2D eigenvalue weighted by Gasteiger charge is 2.25. The maximum Gasteiger partial charge on any atom is 0.331 e. The van der Waals surface area contributed by atoms with E-state index < -0.39 is 18.5 Å². The molecule has 0 radical (unpaired) electrons. The maximum absolute atomic E-state index is 11.6. The van der Waals surface area contributed by atoms with Gasteiger partial charge in [-0.25, -0.2) is 4.79 Å². The molecule has 0 spiro atoms. The second kappa shape index (κ2) is 9.55. The minimum absolute atomic E-state index is 0.0678. The lowest BCUT2D eigenvalue weighted by atomic mass is 10.2. The number of carbonyl (C=O) groups is 3. The first-order valence-corrected chi connectivity index (χ1v) is 9.07. The van der Waals surface area contributed by atoms with Gasteiger partial charge < -0.3 is 10.1 Å². The van der Waals surface area contributed by atoms with Crippen molar-refractivity contribution in [2.75, 3.05) is 25.4 Å². The van der Waals surface area contributed by atoms with Crippen LogP contribution in [0.2, 0.25) is 5.02 Å². The SMILES string of the molecule is O=C(COC(=O)/C=C/c1cccc(Cl)c1)NCCN1C(=O)CSC1=S. The molecular weight excluding hydrogens is 384 g/mol. The first-order valence-electron chi connectivity index (χ1n) is 7.30. The van der Waals surface area contributed by atoms with Crippen LogP contribution in [0.5, 0.6) is 0 Å². The molecule has 1 aromatic carbocycles. The van der Waals surface area contributed by atoms with Crippen molar-refractivity contribution in [3.05, 3.63) is 40.9 Å². The van der Waals surface area contributed by atoms with Gasteiger partial charge in [0.25, 0.3) is 5.91 Å². The van der Waals surface area contributed by atoms with Crippen molar-refractivity contribution < 1.29 is 19.1 Å². The molecule has 25 heavy (non-hydrogen) atoms. The molecule has 0 bridgehead atoms. The highest BCUT2D eigenvalue weighted by atomic mass is 35.5. The molecule has 6 nitrogen and oxygen atoms in total. The van der Waals surface area contributed by atoms with E-state index in [2.05, 4.69) is 5.32 Å². The average molecular weight is 399 g/mol. The number of amides is 2. The highest BCUT2D eigenvalue weighted by Crippen LogP contribution is 2.18. The van der Waals surface area contributed by atoms with E-state index in [1.54, 1.807) is 30.3 Å². The van der Waals surface area contributed by atoms with Gasteiger partial charge in [-0.3, -0.25) is 14.5 Å². The van der Waals surface area contributed by atoms with Gasteiger partial charge in [0.1, 0.15) is 4.32 Å². The third-order valence-corrected chi connectivity index (χ3v) is 4.77. The van der Waals surface area contributed by atoms with E-state index >= 15 is 0 Å². The van der Waals surface area contributed by atoms with Gasteiger partial charge in [0.15, 0.2) is 6.61 Å². The van der Waals surface area contributed by atoms with E-state index in [4.69, 9.17) is 28.6 Å². The number of thiocarbonyl (C=S) groups is 1. The summed E-state index contributed by atoms with van der Waals surface area (Å²) in [6, 6.07) is 6.96. The first kappa shape index (κ1) is 19.4. The van der Waals surface area contributed by atoms with Crippen LogP contribution in [0.4, 0.5) is 0 Å². The summed E-state index contributed by atoms with van der Waals surface area (Å²) in [6.45, 7) is 0.145. The van der Waals surface area contributed by atoms with E-state index in [-0.39, 0.29) is 12.5 Å². The number of hydrogen-bond acceptors (Lipinski definition) is 6. The number of esters is 1. The molecule has 2 amide bonds. The second-order valence-corrected chi connectivity index (χ2v) is 6.99. The number of nitrogens with one attached hydrogen (secondary N) is 1. The monoisotopic (exact) mass is 398 g/mol. The van der Waals surface area contributed by atoms with Crippen LogP contribution in [-0.2, 0) is 19.1 Å². The minimum atomic E-state index is -0.637. The highest BCUT2D eigenvalue weighted by molar-refractivity contribution is 8.23. The van der Waals surface area contributed by atoms with Crippen molar-refractivity contribution >= 4 is 63.8 Å². The van der Waals surface area contributed by atoms with Crippen molar-refractivity contribution in [1.29, 1.82) is 0 Å². The molecule has 1 aliphatic rings. The molecule has 1 N–H and O–H groups in total. The summed E-state index contributed by atoms with van der Waals surface area (Å²) in [4.78, 5) is 36.2.